The molecule has 0 aliphatic heterocycles. The quantitative estimate of drug-likeness (QED) is 0.709. The summed E-state index contributed by atoms with van der Waals surface area (Å²) in [6.45, 7) is 2.03. The molecule has 2 amide bonds. The lowest BCUT2D eigenvalue weighted by Gasteiger charge is -2.32. The average molecular weight is 383 g/mol. The molecule has 28 heavy (non-hydrogen) atoms. The molecular weight excluding hydrogens is 358 g/mol. The van der Waals surface area contributed by atoms with E-state index in [1.807, 2.05) is 31.2 Å². The maximum atomic E-state index is 12.2. The molecule has 2 aliphatic carbocycles. The molecule has 0 saturated heterocycles. The minimum absolute atomic E-state index is 0.0421. The van der Waals surface area contributed by atoms with Gasteiger partial charge in [-0.05, 0) is 51.2 Å². The summed E-state index contributed by atoms with van der Waals surface area (Å²) in [7, 11) is 0. The molecule has 0 aromatic carbocycles. The Balaban J connectivity index is 1.36. The summed E-state index contributed by atoms with van der Waals surface area (Å²) in [5.74, 6) is 0.548. The Hall–Kier alpha value is -2.90. The van der Waals surface area contributed by atoms with Crippen molar-refractivity contribution in [3.8, 4) is 0 Å². The van der Waals surface area contributed by atoms with Crippen molar-refractivity contribution >= 4 is 17.8 Å². The zero-order chi connectivity index (χ0) is 19.7. The van der Waals surface area contributed by atoms with Crippen LogP contribution in [0.1, 0.15) is 56.3 Å². The second kappa shape index (κ2) is 7.26. The maximum absolute atomic E-state index is 12.2. The normalized spacial score (nSPS) is 22.6. The van der Waals surface area contributed by atoms with Crippen LogP contribution in [0.2, 0.25) is 0 Å². The molecule has 148 valence electrons. The van der Waals surface area contributed by atoms with E-state index >= 15 is 0 Å². The molecular formula is C20H25N5O3. The Kier molecular flexibility index (Phi) is 4.78. The number of hydrogen-bond donors (Lipinski definition) is 3. The number of amides is 2. The molecule has 2 fully saturated rings. The van der Waals surface area contributed by atoms with E-state index in [2.05, 4.69) is 20.5 Å². The van der Waals surface area contributed by atoms with Gasteiger partial charge in [0, 0.05) is 41.1 Å². The number of carbonyl (C=O) groups is 2. The number of aromatic amines is 1. The van der Waals surface area contributed by atoms with Crippen molar-refractivity contribution in [3.63, 3.8) is 0 Å². The van der Waals surface area contributed by atoms with E-state index in [1.165, 1.54) is 0 Å². The largest absolute Gasteiger partial charge is 0.465 e. The summed E-state index contributed by atoms with van der Waals surface area (Å²) in [5.41, 5.74) is 1.46. The molecule has 0 spiro atoms. The van der Waals surface area contributed by atoms with Gasteiger partial charge in [-0.3, -0.25) is 19.8 Å². The highest BCUT2D eigenvalue weighted by Crippen LogP contribution is 2.47. The molecule has 0 bridgehead atoms. The number of anilines is 1. The molecule has 2 aliphatic rings. The van der Waals surface area contributed by atoms with Crippen molar-refractivity contribution in [2.45, 2.75) is 62.9 Å². The topological polar surface area (TPSA) is 111 Å². The van der Waals surface area contributed by atoms with E-state index in [0.717, 1.165) is 37.8 Å². The Morgan fingerprint density at radius 3 is 2.86 bits per heavy atom. The average Bonchev–Trinajstić information content (AvgIpc) is 3.05. The molecule has 2 aromatic heterocycles. The number of hydrogen-bond acceptors (Lipinski definition) is 4. The number of carbonyl (C=O) groups excluding carboxylic acids is 1. The van der Waals surface area contributed by atoms with E-state index in [-0.39, 0.29) is 29.8 Å². The zero-order valence-corrected chi connectivity index (χ0v) is 15.9. The van der Waals surface area contributed by atoms with Gasteiger partial charge in [0.2, 0.25) is 5.91 Å². The van der Waals surface area contributed by atoms with Crippen LogP contribution >= 0.6 is 0 Å². The van der Waals surface area contributed by atoms with Crippen LogP contribution in [0, 0.1) is 0 Å². The Morgan fingerprint density at radius 2 is 2.18 bits per heavy atom. The van der Waals surface area contributed by atoms with Gasteiger partial charge in [-0.1, -0.05) is 6.07 Å². The predicted octanol–water partition coefficient (Wildman–Crippen LogP) is 3.15. The summed E-state index contributed by atoms with van der Waals surface area (Å²) in [6, 6.07) is 7.36. The van der Waals surface area contributed by atoms with Gasteiger partial charge in [0.25, 0.3) is 0 Å². The molecule has 4 rings (SSSR count). The van der Waals surface area contributed by atoms with Crippen LogP contribution in [0.5, 0.6) is 0 Å². The Bertz CT molecular complexity index is 862. The van der Waals surface area contributed by atoms with Gasteiger partial charge in [0.1, 0.15) is 0 Å². The monoisotopic (exact) mass is 383 g/mol. The van der Waals surface area contributed by atoms with E-state index in [4.69, 9.17) is 0 Å². The number of carboxylic acid groups (broad SMARTS) is 1. The molecule has 2 heterocycles. The number of nitrogens with one attached hydrogen (secondary N) is 2. The first-order valence-corrected chi connectivity index (χ1v) is 9.72. The molecule has 2 aromatic rings. The fraction of sp³-hybridized carbons (Fsp3) is 0.500. The number of aromatic nitrogens is 3. The van der Waals surface area contributed by atoms with Gasteiger partial charge in [0.15, 0.2) is 5.82 Å². The van der Waals surface area contributed by atoms with Gasteiger partial charge in [-0.2, -0.15) is 5.10 Å². The predicted molar refractivity (Wildman–Crippen MR) is 103 cm³/mol. The molecule has 0 radical (unpaired) electrons. The van der Waals surface area contributed by atoms with E-state index < -0.39 is 6.09 Å². The van der Waals surface area contributed by atoms with Crippen LogP contribution in [0.25, 0.3) is 0 Å². The van der Waals surface area contributed by atoms with Crippen LogP contribution in [-0.4, -0.2) is 48.8 Å². The number of rotatable bonds is 6. The van der Waals surface area contributed by atoms with Crippen LogP contribution in [0.15, 0.2) is 30.5 Å². The molecule has 8 heteroatoms. The number of H-pyrrole nitrogens is 1. The zero-order valence-electron chi connectivity index (χ0n) is 15.9. The van der Waals surface area contributed by atoms with Gasteiger partial charge in [0.05, 0.1) is 6.42 Å². The van der Waals surface area contributed by atoms with Gasteiger partial charge in [-0.25, -0.2) is 4.79 Å². The van der Waals surface area contributed by atoms with Crippen molar-refractivity contribution in [2.24, 2.45) is 0 Å². The smallest absolute Gasteiger partial charge is 0.408 e. The van der Waals surface area contributed by atoms with Crippen LogP contribution in [-0.2, 0) is 11.2 Å². The highest BCUT2D eigenvalue weighted by molar-refractivity contribution is 5.91. The summed E-state index contributed by atoms with van der Waals surface area (Å²) < 4.78 is 0. The first kappa shape index (κ1) is 18.5. The first-order chi connectivity index (χ1) is 13.4. The van der Waals surface area contributed by atoms with Crippen LogP contribution in [0.3, 0.4) is 0 Å². The van der Waals surface area contributed by atoms with Crippen molar-refractivity contribution in [2.75, 3.05) is 5.32 Å². The van der Waals surface area contributed by atoms with E-state index in [1.54, 1.807) is 11.1 Å². The van der Waals surface area contributed by atoms with E-state index in [0.29, 0.717) is 11.5 Å². The van der Waals surface area contributed by atoms with Crippen molar-refractivity contribution in [1.29, 1.82) is 0 Å². The molecule has 8 nitrogen and oxygen atoms in total. The first-order valence-electron chi connectivity index (χ1n) is 9.72. The Morgan fingerprint density at radius 1 is 1.36 bits per heavy atom. The summed E-state index contributed by atoms with van der Waals surface area (Å²) in [6.07, 6.45) is 5.47. The van der Waals surface area contributed by atoms with Crippen molar-refractivity contribution < 1.29 is 14.7 Å². The third kappa shape index (κ3) is 3.85. The highest BCUT2D eigenvalue weighted by Gasteiger charge is 2.50. The Labute approximate surface area is 163 Å². The minimum atomic E-state index is -0.822. The second-order valence-electron chi connectivity index (χ2n) is 8.07. The molecule has 3 N–H and O–H groups in total. The summed E-state index contributed by atoms with van der Waals surface area (Å²) in [4.78, 5) is 29.7. The molecule has 2 saturated carbocycles. The molecule has 2 atom stereocenters. The summed E-state index contributed by atoms with van der Waals surface area (Å²) >= 11 is 0. The van der Waals surface area contributed by atoms with Crippen LogP contribution < -0.4 is 5.32 Å². The third-order valence-corrected chi connectivity index (χ3v) is 5.90. The molecule has 0 unspecified atom stereocenters. The minimum Gasteiger partial charge on any atom is -0.465 e. The van der Waals surface area contributed by atoms with Crippen molar-refractivity contribution in [1.82, 2.24) is 20.1 Å². The second-order valence-corrected chi connectivity index (χ2v) is 8.07. The van der Waals surface area contributed by atoms with Crippen LogP contribution in [0.4, 0.5) is 10.6 Å². The fourth-order valence-corrected chi connectivity index (χ4v) is 4.19. The standard InChI is InChI=1S/C20H25N5O3/c1-20(7-8-20)25(19(27)28)15-6-5-13(10-15)16-12-17(24-23-16)22-18(26)11-14-4-2-3-9-21-14/h2-4,9,12-13,15H,5-8,10-11H2,1H3,(H,27,28)(H2,22,23,24,26)/t13-,15+/m0/s1. The highest BCUT2D eigenvalue weighted by atomic mass is 16.4. The SMILES string of the molecule is CC1(N(C(=O)O)[C@@H]2CC[C@H](c3cc(NC(=O)Cc4ccccn4)n[nH]3)C2)CC1. The van der Waals surface area contributed by atoms with Gasteiger partial charge >= 0.3 is 6.09 Å². The number of pyridine rings is 1. The lowest BCUT2D eigenvalue weighted by Crippen LogP contribution is -2.45. The maximum Gasteiger partial charge on any atom is 0.408 e. The van der Waals surface area contributed by atoms with E-state index in [9.17, 15) is 14.7 Å². The fourth-order valence-electron chi connectivity index (χ4n) is 4.19. The third-order valence-electron chi connectivity index (χ3n) is 5.90. The lowest BCUT2D eigenvalue weighted by atomic mass is 10.0. The van der Waals surface area contributed by atoms with Gasteiger partial charge in [-0.15, -0.1) is 0 Å². The van der Waals surface area contributed by atoms with Gasteiger partial charge < -0.3 is 10.4 Å². The van der Waals surface area contributed by atoms with Crippen molar-refractivity contribution in [3.05, 3.63) is 41.9 Å². The summed E-state index contributed by atoms with van der Waals surface area (Å²) in [5, 5.41) is 19.7. The number of nitrogens with zero attached hydrogens (tertiary/aromatic N) is 3. The lowest BCUT2D eigenvalue weighted by molar-refractivity contribution is -0.115.